The molecule has 0 amide bonds. The zero-order valence-electron chi connectivity index (χ0n) is 13.7. The van der Waals surface area contributed by atoms with E-state index in [2.05, 4.69) is 67.3 Å². The Balaban J connectivity index is 2.15. The number of hydrogen-bond acceptors (Lipinski definition) is 3. The Morgan fingerprint density at radius 2 is 1.90 bits per heavy atom. The first-order valence-corrected chi connectivity index (χ1v) is 7.75. The predicted octanol–water partition coefficient (Wildman–Crippen LogP) is 2.36. The molecular formula is C17H31N3. The SMILES string of the molecule is CCN(CCCN(C)C)CCNCc1cccc(C)c1. The fourth-order valence-corrected chi connectivity index (χ4v) is 2.33. The number of nitrogens with one attached hydrogen (secondary N) is 1. The Labute approximate surface area is 125 Å². The second-order valence-electron chi connectivity index (χ2n) is 5.76. The molecule has 0 aliphatic rings. The lowest BCUT2D eigenvalue weighted by Gasteiger charge is -2.21. The van der Waals surface area contributed by atoms with E-state index in [1.54, 1.807) is 0 Å². The molecule has 1 aromatic carbocycles. The van der Waals surface area contributed by atoms with E-state index in [1.807, 2.05) is 0 Å². The van der Waals surface area contributed by atoms with Crippen molar-refractivity contribution in [1.82, 2.24) is 15.1 Å². The lowest BCUT2D eigenvalue weighted by atomic mass is 10.1. The van der Waals surface area contributed by atoms with E-state index < -0.39 is 0 Å². The summed E-state index contributed by atoms with van der Waals surface area (Å²) >= 11 is 0. The molecule has 0 aromatic heterocycles. The third-order valence-corrected chi connectivity index (χ3v) is 3.54. The molecule has 1 aromatic rings. The van der Waals surface area contributed by atoms with Gasteiger partial charge in [0.05, 0.1) is 0 Å². The lowest BCUT2D eigenvalue weighted by Crippen LogP contribution is -2.33. The Morgan fingerprint density at radius 1 is 1.10 bits per heavy atom. The van der Waals surface area contributed by atoms with Gasteiger partial charge >= 0.3 is 0 Å². The number of hydrogen-bond donors (Lipinski definition) is 1. The molecule has 0 fully saturated rings. The molecule has 3 nitrogen and oxygen atoms in total. The summed E-state index contributed by atoms with van der Waals surface area (Å²) in [5, 5.41) is 3.54. The van der Waals surface area contributed by atoms with Gasteiger partial charge in [-0.15, -0.1) is 0 Å². The Bertz CT molecular complexity index is 363. The summed E-state index contributed by atoms with van der Waals surface area (Å²) < 4.78 is 0. The van der Waals surface area contributed by atoms with Crippen LogP contribution < -0.4 is 5.32 Å². The van der Waals surface area contributed by atoms with Crippen LogP contribution in [0.4, 0.5) is 0 Å². The van der Waals surface area contributed by atoms with Gasteiger partial charge in [0.25, 0.3) is 0 Å². The first-order valence-electron chi connectivity index (χ1n) is 7.75. The maximum atomic E-state index is 3.54. The minimum absolute atomic E-state index is 0.969. The van der Waals surface area contributed by atoms with Gasteiger partial charge in [0, 0.05) is 19.6 Å². The number of likely N-dealkylation sites (N-methyl/N-ethyl adjacent to an activating group) is 1. The highest BCUT2D eigenvalue weighted by Gasteiger charge is 2.02. The van der Waals surface area contributed by atoms with Crippen molar-refractivity contribution >= 4 is 0 Å². The zero-order chi connectivity index (χ0) is 14.8. The van der Waals surface area contributed by atoms with Gasteiger partial charge in [-0.1, -0.05) is 36.8 Å². The second kappa shape index (κ2) is 9.92. The summed E-state index contributed by atoms with van der Waals surface area (Å²) in [6.45, 7) is 11.1. The summed E-state index contributed by atoms with van der Waals surface area (Å²) in [4.78, 5) is 4.77. The van der Waals surface area contributed by atoms with Crippen molar-refractivity contribution in [2.45, 2.75) is 26.8 Å². The summed E-state index contributed by atoms with van der Waals surface area (Å²) in [7, 11) is 4.28. The average molecular weight is 277 g/mol. The number of aryl methyl sites for hydroxylation is 1. The molecule has 114 valence electrons. The van der Waals surface area contributed by atoms with Crippen molar-refractivity contribution < 1.29 is 0 Å². The summed E-state index contributed by atoms with van der Waals surface area (Å²) in [5.41, 5.74) is 2.71. The van der Waals surface area contributed by atoms with Crippen LogP contribution in [0.15, 0.2) is 24.3 Å². The topological polar surface area (TPSA) is 18.5 Å². The number of rotatable bonds is 10. The summed E-state index contributed by atoms with van der Waals surface area (Å²) in [6, 6.07) is 8.72. The average Bonchev–Trinajstić information content (AvgIpc) is 2.41. The van der Waals surface area contributed by atoms with Crippen LogP contribution >= 0.6 is 0 Å². The van der Waals surface area contributed by atoms with E-state index in [0.29, 0.717) is 0 Å². The fourth-order valence-electron chi connectivity index (χ4n) is 2.33. The van der Waals surface area contributed by atoms with Gasteiger partial charge in [0.2, 0.25) is 0 Å². The van der Waals surface area contributed by atoms with E-state index in [4.69, 9.17) is 0 Å². The van der Waals surface area contributed by atoms with Gasteiger partial charge in [0.1, 0.15) is 0 Å². The molecule has 0 bridgehead atoms. The van der Waals surface area contributed by atoms with Gasteiger partial charge in [-0.05, 0) is 52.6 Å². The van der Waals surface area contributed by atoms with Crippen LogP contribution in [-0.4, -0.2) is 56.6 Å². The van der Waals surface area contributed by atoms with Crippen LogP contribution in [0.2, 0.25) is 0 Å². The predicted molar refractivity (Wildman–Crippen MR) is 88.2 cm³/mol. The van der Waals surface area contributed by atoms with Crippen LogP contribution in [0.1, 0.15) is 24.5 Å². The van der Waals surface area contributed by atoms with Crippen molar-refractivity contribution in [3.05, 3.63) is 35.4 Å². The standard InChI is InChI=1S/C17H31N3/c1-5-20(12-7-11-19(3)4)13-10-18-15-17-9-6-8-16(2)14-17/h6,8-9,14,18H,5,7,10-13,15H2,1-4H3. The van der Waals surface area contributed by atoms with Crippen LogP contribution in [-0.2, 0) is 6.54 Å². The Morgan fingerprint density at radius 3 is 2.55 bits per heavy atom. The van der Waals surface area contributed by atoms with E-state index in [0.717, 1.165) is 26.2 Å². The molecule has 0 unspecified atom stereocenters. The van der Waals surface area contributed by atoms with Gasteiger partial charge in [-0.25, -0.2) is 0 Å². The van der Waals surface area contributed by atoms with Gasteiger partial charge in [0.15, 0.2) is 0 Å². The number of nitrogens with zero attached hydrogens (tertiary/aromatic N) is 2. The van der Waals surface area contributed by atoms with Gasteiger partial charge in [-0.3, -0.25) is 0 Å². The molecule has 0 atom stereocenters. The van der Waals surface area contributed by atoms with Crippen molar-refractivity contribution in [1.29, 1.82) is 0 Å². The third-order valence-electron chi connectivity index (χ3n) is 3.54. The molecule has 3 heteroatoms. The third kappa shape index (κ3) is 7.63. The van der Waals surface area contributed by atoms with E-state index in [9.17, 15) is 0 Å². The maximum absolute atomic E-state index is 3.54. The quantitative estimate of drug-likeness (QED) is 0.662. The largest absolute Gasteiger partial charge is 0.311 e. The molecule has 1 N–H and O–H groups in total. The molecule has 20 heavy (non-hydrogen) atoms. The number of benzene rings is 1. The van der Waals surface area contributed by atoms with Crippen LogP contribution in [0.3, 0.4) is 0 Å². The molecule has 0 aliphatic heterocycles. The van der Waals surface area contributed by atoms with Crippen molar-refractivity contribution in [3.63, 3.8) is 0 Å². The molecule has 0 saturated heterocycles. The molecule has 1 rings (SSSR count). The van der Waals surface area contributed by atoms with Gasteiger partial charge < -0.3 is 15.1 Å². The highest BCUT2D eigenvalue weighted by atomic mass is 15.1. The normalized spacial score (nSPS) is 11.5. The van der Waals surface area contributed by atoms with Crippen LogP contribution in [0, 0.1) is 6.92 Å². The van der Waals surface area contributed by atoms with Crippen molar-refractivity contribution in [3.8, 4) is 0 Å². The highest BCUT2D eigenvalue weighted by molar-refractivity contribution is 5.21. The maximum Gasteiger partial charge on any atom is 0.0206 e. The first kappa shape index (κ1) is 17.2. The van der Waals surface area contributed by atoms with E-state index in [-0.39, 0.29) is 0 Å². The lowest BCUT2D eigenvalue weighted by molar-refractivity contribution is 0.266. The Hall–Kier alpha value is -0.900. The molecule has 0 heterocycles. The highest BCUT2D eigenvalue weighted by Crippen LogP contribution is 2.03. The van der Waals surface area contributed by atoms with E-state index in [1.165, 1.54) is 30.6 Å². The minimum Gasteiger partial charge on any atom is -0.311 e. The molecule has 0 spiro atoms. The monoisotopic (exact) mass is 277 g/mol. The zero-order valence-corrected chi connectivity index (χ0v) is 13.7. The molecule has 0 saturated carbocycles. The smallest absolute Gasteiger partial charge is 0.0206 e. The Kier molecular flexibility index (Phi) is 8.51. The van der Waals surface area contributed by atoms with Crippen LogP contribution in [0.5, 0.6) is 0 Å². The first-order chi connectivity index (χ1) is 9.61. The summed E-state index contributed by atoms with van der Waals surface area (Å²) in [6.07, 6.45) is 1.25. The fraction of sp³-hybridized carbons (Fsp3) is 0.647. The molecular weight excluding hydrogens is 246 g/mol. The second-order valence-corrected chi connectivity index (χ2v) is 5.76. The van der Waals surface area contributed by atoms with Crippen molar-refractivity contribution in [2.24, 2.45) is 0 Å². The summed E-state index contributed by atoms with van der Waals surface area (Å²) in [5.74, 6) is 0. The molecule has 0 aliphatic carbocycles. The van der Waals surface area contributed by atoms with E-state index >= 15 is 0 Å². The van der Waals surface area contributed by atoms with Gasteiger partial charge in [-0.2, -0.15) is 0 Å². The van der Waals surface area contributed by atoms with Crippen molar-refractivity contribution in [2.75, 3.05) is 46.8 Å². The minimum atomic E-state index is 0.969. The molecule has 0 radical (unpaired) electrons. The van der Waals surface area contributed by atoms with Crippen LogP contribution in [0.25, 0.3) is 0 Å².